The largest absolute Gasteiger partial charge is 0.435 e. The number of halogens is 2. The summed E-state index contributed by atoms with van der Waals surface area (Å²) in [5, 5.41) is 8.36. The first-order valence-electron chi connectivity index (χ1n) is 6.48. The predicted molar refractivity (Wildman–Crippen MR) is 78.5 cm³/mol. The topological polar surface area (TPSA) is 39.9 Å². The molecule has 0 spiro atoms. The van der Waals surface area contributed by atoms with Crippen LogP contribution in [0.3, 0.4) is 0 Å². The lowest BCUT2D eigenvalue weighted by atomic mass is 10.2. The van der Waals surface area contributed by atoms with Gasteiger partial charge in [0.15, 0.2) is 0 Å². The lowest BCUT2D eigenvalue weighted by Crippen LogP contribution is -2.02. The molecule has 0 amide bonds. The number of hydrogen-bond donors (Lipinski definition) is 0. The second-order valence-electron chi connectivity index (χ2n) is 4.62. The fraction of sp³-hybridized carbons (Fsp3) is 0.429. The Balaban J connectivity index is 1.94. The quantitative estimate of drug-likeness (QED) is 0.815. The van der Waals surface area contributed by atoms with E-state index < -0.39 is 6.61 Å². The fourth-order valence-electron chi connectivity index (χ4n) is 1.79. The molecule has 2 rings (SSSR count). The number of ether oxygens (including phenoxy) is 1. The molecule has 0 aliphatic rings. The second-order valence-corrected chi connectivity index (χ2v) is 5.95. The van der Waals surface area contributed by atoms with Crippen molar-refractivity contribution < 1.29 is 13.5 Å². The minimum Gasteiger partial charge on any atom is -0.435 e. The van der Waals surface area contributed by atoms with E-state index in [2.05, 4.69) is 21.9 Å². The molecule has 0 saturated carbocycles. The van der Waals surface area contributed by atoms with Crippen molar-refractivity contribution in [3.63, 3.8) is 0 Å². The van der Waals surface area contributed by atoms with Gasteiger partial charge in [0.2, 0.25) is 0 Å². The van der Waals surface area contributed by atoms with Crippen molar-refractivity contribution in [2.24, 2.45) is 7.05 Å². The molecule has 21 heavy (non-hydrogen) atoms. The van der Waals surface area contributed by atoms with Crippen molar-refractivity contribution in [2.75, 3.05) is 0 Å². The summed E-state index contributed by atoms with van der Waals surface area (Å²) < 4.78 is 30.5. The van der Waals surface area contributed by atoms with Crippen LogP contribution in [-0.4, -0.2) is 21.4 Å². The van der Waals surface area contributed by atoms with Gasteiger partial charge in [-0.25, -0.2) is 0 Å². The van der Waals surface area contributed by atoms with Gasteiger partial charge in [-0.3, -0.25) is 0 Å². The Morgan fingerprint density at radius 3 is 2.43 bits per heavy atom. The number of nitrogens with zero attached hydrogens (tertiary/aromatic N) is 3. The van der Waals surface area contributed by atoms with Crippen LogP contribution >= 0.6 is 11.8 Å². The second kappa shape index (κ2) is 6.89. The van der Waals surface area contributed by atoms with E-state index in [1.165, 1.54) is 0 Å². The Hall–Kier alpha value is -1.63. The maximum atomic E-state index is 12.1. The number of aryl methyl sites for hydroxylation is 1. The normalized spacial score (nSPS) is 12.7. The number of hydrogen-bond acceptors (Lipinski definition) is 4. The standard InChI is InChI=1S/C14H17F2N3OS/c1-9(21-8-13-18-17-10(2)19(13)3)11-4-6-12(7-5-11)20-14(15)16/h4-7,9,14H,8H2,1-3H3. The third-order valence-electron chi connectivity index (χ3n) is 3.22. The number of alkyl halides is 2. The Bertz CT molecular complexity index is 586. The highest BCUT2D eigenvalue weighted by Gasteiger charge is 2.11. The van der Waals surface area contributed by atoms with Gasteiger partial charge < -0.3 is 9.30 Å². The molecule has 0 radical (unpaired) electrons. The molecule has 2 aromatic rings. The van der Waals surface area contributed by atoms with Crippen LogP contribution in [-0.2, 0) is 12.8 Å². The third-order valence-corrected chi connectivity index (χ3v) is 4.42. The first kappa shape index (κ1) is 15.8. The first-order valence-corrected chi connectivity index (χ1v) is 7.53. The van der Waals surface area contributed by atoms with Crippen LogP contribution in [0, 0.1) is 6.92 Å². The summed E-state index contributed by atoms with van der Waals surface area (Å²) in [4.78, 5) is 0. The van der Waals surface area contributed by atoms with E-state index >= 15 is 0 Å². The minimum atomic E-state index is -2.79. The predicted octanol–water partition coefficient (Wildman–Crippen LogP) is 3.72. The molecule has 0 bridgehead atoms. The maximum Gasteiger partial charge on any atom is 0.387 e. The lowest BCUT2D eigenvalue weighted by Gasteiger charge is -2.12. The molecule has 0 aliphatic carbocycles. The van der Waals surface area contributed by atoms with Crippen molar-refractivity contribution >= 4 is 11.8 Å². The Morgan fingerprint density at radius 2 is 1.90 bits per heavy atom. The van der Waals surface area contributed by atoms with E-state index in [9.17, 15) is 8.78 Å². The highest BCUT2D eigenvalue weighted by molar-refractivity contribution is 7.98. The molecular formula is C14H17F2N3OS. The number of rotatable bonds is 6. The Morgan fingerprint density at radius 1 is 1.24 bits per heavy atom. The van der Waals surface area contributed by atoms with E-state index in [0.29, 0.717) is 0 Å². The highest BCUT2D eigenvalue weighted by Crippen LogP contribution is 2.31. The molecule has 114 valence electrons. The van der Waals surface area contributed by atoms with E-state index in [1.54, 1.807) is 36.0 Å². The fourth-order valence-corrected chi connectivity index (χ4v) is 2.79. The van der Waals surface area contributed by atoms with Crippen LogP contribution in [0.25, 0.3) is 0 Å². The SMILES string of the molecule is Cc1nnc(CSC(C)c2ccc(OC(F)F)cc2)n1C. The molecule has 1 aromatic carbocycles. The van der Waals surface area contributed by atoms with Crippen molar-refractivity contribution in [1.82, 2.24) is 14.8 Å². The molecule has 1 aromatic heterocycles. The minimum absolute atomic E-state index is 0.176. The molecule has 4 nitrogen and oxygen atoms in total. The van der Waals surface area contributed by atoms with E-state index in [4.69, 9.17) is 0 Å². The summed E-state index contributed by atoms with van der Waals surface area (Å²) in [6.07, 6.45) is 0. The van der Waals surface area contributed by atoms with Crippen LogP contribution in [0.4, 0.5) is 8.78 Å². The summed E-state index contributed by atoms with van der Waals surface area (Å²) in [7, 11) is 1.94. The number of thioether (sulfide) groups is 1. The van der Waals surface area contributed by atoms with Gasteiger partial charge in [0.1, 0.15) is 17.4 Å². The number of benzene rings is 1. The number of aromatic nitrogens is 3. The zero-order valence-corrected chi connectivity index (χ0v) is 12.9. The van der Waals surface area contributed by atoms with Crippen LogP contribution in [0.5, 0.6) is 5.75 Å². The third kappa shape index (κ3) is 4.17. The Labute approximate surface area is 126 Å². The Kier molecular flexibility index (Phi) is 5.17. The first-order chi connectivity index (χ1) is 9.97. The molecule has 1 heterocycles. The molecule has 7 heteroatoms. The van der Waals surface area contributed by atoms with Gasteiger partial charge in [0.05, 0.1) is 5.75 Å². The molecule has 0 saturated heterocycles. The van der Waals surface area contributed by atoms with Crippen LogP contribution in [0.2, 0.25) is 0 Å². The molecule has 0 fully saturated rings. The zero-order valence-electron chi connectivity index (χ0n) is 12.1. The average molecular weight is 313 g/mol. The van der Waals surface area contributed by atoms with Crippen LogP contribution < -0.4 is 4.74 Å². The van der Waals surface area contributed by atoms with Gasteiger partial charge in [-0.2, -0.15) is 8.78 Å². The monoisotopic (exact) mass is 313 g/mol. The van der Waals surface area contributed by atoms with Crippen LogP contribution in [0.15, 0.2) is 24.3 Å². The van der Waals surface area contributed by atoms with Crippen molar-refractivity contribution in [3.05, 3.63) is 41.5 Å². The van der Waals surface area contributed by atoms with Crippen molar-refractivity contribution in [1.29, 1.82) is 0 Å². The average Bonchev–Trinajstić information content (AvgIpc) is 2.76. The van der Waals surface area contributed by atoms with Gasteiger partial charge in [-0.05, 0) is 31.5 Å². The van der Waals surface area contributed by atoms with E-state index in [0.717, 1.165) is 23.0 Å². The van der Waals surface area contributed by atoms with Gasteiger partial charge in [0.25, 0.3) is 0 Å². The van der Waals surface area contributed by atoms with Crippen molar-refractivity contribution in [3.8, 4) is 5.75 Å². The van der Waals surface area contributed by atoms with E-state index in [-0.39, 0.29) is 11.0 Å². The maximum absolute atomic E-state index is 12.1. The molecular weight excluding hydrogens is 296 g/mol. The summed E-state index contributed by atoms with van der Waals surface area (Å²) >= 11 is 1.72. The van der Waals surface area contributed by atoms with Crippen molar-refractivity contribution in [2.45, 2.75) is 31.5 Å². The highest BCUT2D eigenvalue weighted by atomic mass is 32.2. The molecule has 0 N–H and O–H groups in total. The smallest absolute Gasteiger partial charge is 0.387 e. The van der Waals surface area contributed by atoms with Gasteiger partial charge >= 0.3 is 6.61 Å². The van der Waals surface area contributed by atoms with Crippen LogP contribution in [0.1, 0.15) is 29.4 Å². The zero-order chi connectivity index (χ0) is 15.4. The summed E-state index contributed by atoms with van der Waals surface area (Å²) in [6.45, 7) is 1.19. The molecule has 1 unspecified atom stereocenters. The lowest BCUT2D eigenvalue weighted by molar-refractivity contribution is -0.0498. The van der Waals surface area contributed by atoms with Gasteiger partial charge in [-0.1, -0.05) is 12.1 Å². The summed E-state index contributed by atoms with van der Waals surface area (Å²) in [5.41, 5.74) is 1.06. The summed E-state index contributed by atoms with van der Waals surface area (Å²) in [6, 6.07) is 6.73. The summed E-state index contributed by atoms with van der Waals surface area (Å²) in [5.74, 6) is 2.72. The molecule has 1 atom stereocenters. The van der Waals surface area contributed by atoms with E-state index in [1.807, 2.05) is 18.5 Å². The van der Waals surface area contributed by atoms with Gasteiger partial charge in [0, 0.05) is 12.3 Å². The molecule has 0 aliphatic heterocycles. The van der Waals surface area contributed by atoms with Gasteiger partial charge in [-0.15, -0.1) is 22.0 Å².